The van der Waals surface area contributed by atoms with Crippen LogP contribution in [0.25, 0.3) is 0 Å². The van der Waals surface area contributed by atoms with Gasteiger partial charge in [0, 0.05) is 37.0 Å². The number of likely N-dealkylation sites (tertiary alicyclic amines) is 1. The molecule has 1 aromatic carbocycles. The van der Waals surface area contributed by atoms with E-state index in [1.54, 1.807) is 11.1 Å². The third-order valence-electron chi connectivity index (χ3n) is 6.52. The molecule has 0 aliphatic carbocycles. The maximum absolute atomic E-state index is 12.2. The standard InChI is InChI=1S/C23H30N4O2/c1-16(2)17-7-9-18(10-8-17)23(29,22(3)14-26(4)15-22)19-12-20(25-24-13-19)27-11-5-6-21(27)28/h7-10,12-13,16,29H,5-6,11,14-15H2,1-4H3. The quantitative estimate of drug-likeness (QED) is 0.844. The van der Waals surface area contributed by atoms with Gasteiger partial charge in [-0.25, -0.2) is 0 Å². The summed E-state index contributed by atoms with van der Waals surface area (Å²) in [7, 11) is 2.06. The van der Waals surface area contributed by atoms with Crippen LogP contribution in [0.3, 0.4) is 0 Å². The molecule has 6 nitrogen and oxygen atoms in total. The maximum atomic E-state index is 12.2. The summed E-state index contributed by atoms with van der Waals surface area (Å²) in [6, 6.07) is 10.1. The van der Waals surface area contributed by atoms with Gasteiger partial charge < -0.3 is 10.0 Å². The number of carbonyl (C=O) groups is 1. The smallest absolute Gasteiger partial charge is 0.228 e. The van der Waals surface area contributed by atoms with Crippen LogP contribution in [0.4, 0.5) is 5.82 Å². The van der Waals surface area contributed by atoms with Crippen molar-refractivity contribution in [2.45, 2.75) is 45.1 Å². The van der Waals surface area contributed by atoms with E-state index < -0.39 is 5.60 Å². The van der Waals surface area contributed by atoms with E-state index in [1.807, 2.05) is 18.2 Å². The predicted octanol–water partition coefficient (Wildman–Crippen LogP) is 2.91. The molecule has 1 aromatic heterocycles. The molecular weight excluding hydrogens is 364 g/mol. The topological polar surface area (TPSA) is 69.6 Å². The number of hydrogen-bond donors (Lipinski definition) is 1. The summed E-state index contributed by atoms with van der Waals surface area (Å²) in [5.41, 5.74) is 1.20. The molecule has 0 spiro atoms. The molecule has 3 heterocycles. The Morgan fingerprint density at radius 1 is 1.17 bits per heavy atom. The molecule has 29 heavy (non-hydrogen) atoms. The molecular formula is C23H30N4O2. The van der Waals surface area contributed by atoms with Crippen LogP contribution >= 0.6 is 0 Å². The minimum absolute atomic E-state index is 0.0656. The first-order chi connectivity index (χ1) is 13.7. The average molecular weight is 395 g/mol. The van der Waals surface area contributed by atoms with Crippen molar-refractivity contribution in [1.82, 2.24) is 15.1 Å². The van der Waals surface area contributed by atoms with Gasteiger partial charge in [-0.3, -0.25) is 9.69 Å². The SMILES string of the molecule is CC(C)c1ccc(C(O)(c2cnnc(N3CCCC3=O)c2)C2(C)CN(C)C2)cc1. The largest absolute Gasteiger partial charge is 0.380 e. The molecule has 2 aromatic rings. The summed E-state index contributed by atoms with van der Waals surface area (Å²) in [5.74, 6) is 1.02. The van der Waals surface area contributed by atoms with Gasteiger partial charge in [-0.05, 0) is 36.6 Å². The molecule has 2 fully saturated rings. The summed E-state index contributed by atoms with van der Waals surface area (Å²) in [6.45, 7) is 8.64. The van der Waals surface area contributed by atoms with Crippen LogP contribution < -0.4 is 4.90 Å². The van der Waals surface area contributed by atoms with Gasteiger partial charge in [0.1, 0.15) is 5.60 Å². The van der Waals surface area contributed by atoms with E-state index in [0.717, 1.165) is 25.1 Å². The second kappa shape index (κ2) is 7.18. The van der Waals surface area contributed by atoms with Gasteiger partial charge >= 0.3 is 0 Å². The number of nitrogens with zero attached hydrogens (tertiary/aromatic N) is 4. The Labute approximate surface area is 172 Å². The maximum Gasteiger partial charge on any atom is 0.228 e. The van der Waals surface area contributed by atoms with Gasteiger partial charge in [0.05, 0.1) is 6.20 Å². The first-order valence-electron chi connectivity index (χ1n) is 10.4. The van der Waals surface area contributed by atoms with E-state index in [1.165, 1.54) is 5.56 Å². The molecule has 0 bridgehead atoms. The molecule has 1 unspecified atom stereocenters. The van der Waals surface area contributed by atoms with Crippen molar-refractivity contribution >= 4 is 11.7 Å². The van der Waals surface area contributed by atoms with Gasteiger partial charge in [-0.15, -0.1) is 5.10 Å². The fourth-order valence-corrected chi connectivity index (χ4v) is 4.92. The lowest BCUT2D eigenvalue weighted by Crippen LogP contribution is -2.63. The van der Waals surface area contributed by atoms with Crippen molar-refractivity contribution in [3.05, 3.63) is 53.2 Å². The number of carbonyl (C=O) groups excluding carboxylic acids is 1. The second-order valence-electron chi connectivity index (χ2n) is 9.17. The Kier molecular flexibility index (Phi) is 4.95. The fraction of sp³-hybridized carbons (Fsp3) is 0.522. The molecule has 4 rings (SSSR count). The lowest BCUT2D eigenvalue weighted by atomic mass is 9.62. The Balaban J connectivity index is 1.80. The van der Waals surface area contributed by atoms with Gasteiger partial charge in [0.25, 0.3) is 0 Å². The van der Waals surface area contributed by atoms with E-state index in [4.69, 9.17) is 0 Å². The first kappa shape index (κ1) is 20.0. The van der Waals surface area contributed by atoms with E-state index in [-0.39, 0.29) is 11.3 Å². The van der Waals surface area contributed by atoms with Crippen molar-refractivity contribution in [1.29, 1.82) is 0 Å². The summed E-state index contributed by atoms with van der Waals surface area (Å²) in [4.78, 5) is 16.1. The van der Waals surface area contributed by atoms with Gasteiger partial charge in [0.2, 0.25) is 5.91 Å². The molecule has 1 amide bonds. The third-order valence-corrected chi connectivity index (χ3v) is 6.52. The number of hydrogen-bond acceptors (Lipinski definition) is 5. The van der Waals surface area contributed by atoms with Crippen LogP contribution in [0.5, 0.6) is 0 Å². The molecule has 2 aliphatic heterocycles. The number of aliphatic hydroxyl groups is 1. The Morgan fingerprint density at radius 3 is 2.41 bits per heavy atom. The first-order valence-corrected chi connectivity index (χ1v) is 10.4. The normalized spacial score (nSPS) is 21.3. The highest BCUT2D eigenvalue weighted by molar-refractivity contribution is 5.94. The lowest BCUT2D eigenvalue weighted by molar-refractivity contribution is -0.127. The van der Waals surface area contributed by atoms with E-state index in [0.29, 0.717) is 30.3 Å². The van der Waals surface area contributed by atoms with Crippen molar-refractivity contribution in [3.8, 4) is 0 Å². The van der Waals surface area contributed by atoms with E-state index in [2.05, 4.69) is 55.0 Å². The Morgan fingerprint density at radius 2 is 1.86 bits per heavy atom. The summed E-state index contributed by atoms with van der Waals surface area (Å²) in [6.07, 6.45) is 3.01. The monoisotopic (exact) mass is 394 g/mol. The number of anilines is 1. The third kappa shape index (κ3) is 3.24. The number of amides is 1. The second-order valence-corrected chi connectivity index (χ2v) is 9.17. The summed E-state index contributed by atoms with van der Waals surface area (Å²) in [5, 5.41) is 20.6. The zero-order valence-corrected chi connectivity index (χ0v) is 17.7. The minimum Gasteiger partial charge on any atom is -0.380 e. The van der Waals surface area contributed by atoms with Crippen LogP contribution in [0, 0.1) is 5.41 Å². The molecule has 1 N–H and O–H groups in total. The van der Waals surface area contributed by atoms with E-state index in [9.17, 15) is 9.90 Å². The van der Waals surface area contributed by atoms with Crippen molar-refractivity contribution < 1.29 is 9.90 Å². The van der Waals surface area contributed by atoms with Gasteiger partial charge in [-0.1, -0.05) is 45.0 Å². The zero-order chi connectivity index (χ0) is 20.8. The Bertz CT molecular complexity index is 905. The van der Waals surface area contributed by atoms with Crippen LogP contribution in [0.15, 0.2) is 36.5 Å². The van der Waals surface area contributed by atoms with Crippen molar-refractivity contribution in [2.24, 2.45) is 5.41 Å². The molecule has 2 aliphatic rings. The zero-order valence-electron chi connectivity index (χ0n) is 17.7. The van der Waals surface area contributed by atoms with Crippen molar-refractivity contribution in [2.75, 3.05) is 31.6 Å². The molecule has 2 saturated heterocycles. The van der Waals surface area contributed by atoms with Crippen LogP contribution in [-0.2, 0) is 10.4 Å². The van der Waals surface area contributed by atoms with E-state index >= 15 is 0 Å². The molecule has 6 heteroatoms. The summed E-state index contributed by atoms with van der Waals surface area (Å²) >= 11 is 0. The number of aromatic nitrogens is 2. The molecule has 0 saturated carbocycles. The van der Waals surface area contributed by atoms with Crippen molar-refractivity contribution in [3.63, 3.8) is 0 Å². The highest BCUT2D eigenvalue weighted by Gasteiger charge is 2.55. The van der Waals surface area contributed by atoms with Crippen LogP contribution in [-0.4, -0.2) is 52.8 Å². The summed E-state index contributed by atoms with van der Waals surface area (Å²) < 4.78 is 0. The highest BCUT2D eigenvalue weighted by Crippen LogP contribution is 2.50. The molecule has 1 atom stereocenters. The molecule has 0 radical (unpaired) electrons. The lowest BCUT2D eigenvalue weighted by Gasteiger charge is -2.55. The highest BCUT2D eigenvalue weighted by atomic mass is 16.3. The van der Waals surface area contributed by atoms with Gasteiger partial charge in [0.15, 0.2) is 5.82 Å². The van der Waals surface area contributed by atoms with Gasteiger partial charge in [-0.2, -0.15) is 5.10 Å². The van der Waals surface area contributed by atoms with Crippen LogP contribution in [0.1, 0.15) is 56.2 Å². The minimum atomic E-state index is -1.22. The number of rotatable bonds is 5. The molecule has 154 valence electrons. The average Bonchev–Trinajstić information content (AvgIpc) is 3.12. The predicted molar refractivity (Wildman–Crippen MR) is 113 cm³/mol. The number of benzene rings is 1. The fourth-order valence-electron chi connectivity index (χ4n) is 4.92. The Hall–Kier alpha value is -2.31. The van der Waals surface area contributed by atoms with Crippen LogP contribution in [0.2, 0.25) is 0 Å².